The number of benzene rings is 1. The molecule has 0 aromatic heterocycles. The van der Waals surface area contributed by atoms with Gasteiger partial charge in [-0.2, -0.15) is 0 Å². The van der Waals surface area contributed by atoms with Crippen molar-refractivity contribution in [1.29, 1.82) is 0 Å². The number of nitro groups is 1. The quantitative estimate of drug-likeness (QED) is 0.332. The van der Waals surface area contributed by atoms with Gasteiger partial charge in [-0.15, -0.1) is 0 Å². The van der Waals surface area contributed by atoms with E-state index in [9.17, 15) is 24.1 Å². The van der Waals surface area contributed by atoms with E-state index in [1.807, 2.05) is 0 Å². The predicted molar refractivity (Wildman–Crippen MR) is 71.8 cm³/mol. The highest BCUT2D eigenvalue weighted by molar-refractivity contribution is 5.98. The summed E-state index contributed by atoms with van der Waals surface area (Å²) in [5.41, 5.74) is 0.348. The van der Waals surface area contributed by atoms with Gasteiger partial charge in [0.15, 0.2) is 0 Å². The lowest BCUT2D eigenvalue weighted by Crippen LogP contribution is -2.34. The molecule has 0 saturated heterocycles. The first-order valence-electron chi connectivity index (χ1n) is 6.41. The molecule has 21 heavy (non-hydrogen) atoms. The molecule has 0 aliphatic rings. The third-order valence-corrected chi connectivity index (χ3v) is 3.02. The zero-order valence-corrected chi connectivity index (χ0v) is 11.7. The average Bonchev–Trinajstić information content (AvgIpc) is 2.38. The van der Waals surface area contributed by atoms with Crippen molar-refractivity contribution in [2.75, 3.05) is 13.2 Å². The Balaban J connectivity index is 3.19. The van der Waals surface area contributed by atoms with Crippen molar-refractivity contribution in [3.63, 3.8) is 0 Å². The van der Waals surface area contributed by atoms with Gasteiger partial charge in [-0.3, -0.25) is 19.7 Å². The van der Waals surface area contributed by atoms with E-state index in [-0.39, 0.29) is 6.61 Å². The number of carbonyl (C=O) groups excluding carboxylic acids is 2. The standard InChI is InChI=1S/C14H16FNO5/c1-3-21-14(18)13(9(2)17)12(8-16(19)20)10-4-6-11(15)7-5-10/h4-7,12-13H,3,8H2,1-2H3/t12-,13-/m1/s1. The molecule has 0 bridgehead atoms. The van der Waals surface area contributed by atoms with E-state index < -0.39 is 40.9 Å². The van der Waals surface area contributed by atoms with E-state index >= 15 is 0 Å². The van der Waals surface area contributed by atoms with Gasteiger partial charge in [0.2, 0.25) is 6.54 Å². The highest BCUT2D eigenvalue weighted by atomic mass is 19.1. The number of ether oxygens (including phenoxy) is 1. The van der Waals surface area contributed by atoms with Gasteiger partial charge in [0.25, 0.3) is 0 Å². The van der Waals surface area contributed by atoms with Gasteiger partial charge in [0.05, 0.1) is 12.5 Å². The van der Waals surface area contributed by atoms with Crippen molar-refractivity contribution < 1.29 is 23.6 Å². The summed E-state index contributed by atoms with van der Waals surface area (Å²) in [6.45, 7) is 2.21. The van der Waals surface area contributed by atoms with Crippen LogP contribution in [-0.4, -0.2) is 29.8 Å². The first kappa shape index (κ1) is 16.7. The van der Waals surface area contributed by atoms with Gasteiger partial charge in [-0.1, -0.05) is 12.1 Å². The lowest BCUT2D eigenvalue weighted by atomic mass is 9.83. The summed E-state index contributed by atoms with van der Waals surface area (Å²) in [6, 6.07) is 4.92. The number of rotatable bonds is 7. The fourth-order valence-electron chi connectivity index (χ4n) is 2.12. The van der Waals surface area contributed by atoms with Gasteiger partial charge in [0.1, 0.15) is 17.5 Å². The number of Topliss-reactive ketones (excluding diaryl/α,β-unsaturated/α-hetero) is 1. The highest BCUT2D eigenvalue weighted by Gasteiger charge is 2.37. The smallest absolute Gasteiger partial charge is 0.317 e. The maximum absolute atomic E-state index is 13.0. The van der Waals surface area contributed by atoms with Crippen molar-refractivity contribution in [2.24, 2.45) is 5.92 Å². The van der Waals surface area contributed by atoms with Gasteiger partial charge in [-0.05, 0) is 31.5 Å². The molecule has 0 saturated carbocycles. The third kappa shape index (κ3) is 4.62. The Kier molecular flexibility index (Phi) is 5.95. The van der Waals surface area contributed by atoms with Crippen molar-refractivity contribution in [1.82, 2.24) is 0 Å². The largest absolute Gasteiger partial charge is 0.465 e. The minimum atomic E-state index is -1.28. The van der Waals surface area contributed by atoms with Crippen molar-refractivity contribution in [3.8, 4) is 0 Å². The molecule has 0 unspecified atom stereocenters. The van der Waals surface area contributed by atoms with E-state index in [1.54, 1.807) is 6.92 Å². The van der Waals surface area contributed by atoms with Crippen molar-refractivity contribution in [3.05, 3.63) is 45.8 Å². The molecule has 1 rings (SSSR count). The van der Waals surface area contributed by atoms with Crippen LogP contribution in [0.4, 0.5) is 4.39 Å². The van der Waals surface area contributed by atoms with Crippen LogP contribution >= 0.6 is 0 Å². The van der Waals surface area contributed by atoms with Gasteiger partial charge >= 0.3 is 5.97 Å². The number of esters is 1. The molecule has 1 aromatic rings. The normalized spacial score (nSPS) is 13.3. The minimum Gasteiger partial charge on any atom is -0.465 e. The molecule has 0 fully saturated rings. The summed E-state index contributed by atoms with van der Waals surface area (Å²) in [7, 11) is 0. The first-order valence-corrected chi connectivity index (χ1v) is 6.41. The lowest BCUT2D eigenvalue weighted by molar-refractivity contribution is -0.484. The van der Waals surface area contributed by atoms with Crippen LogP contribution in [0.25, 0.3) is 0 Å². The van der Waals surface area contributed by atoms with E-state index in [2.05, 4.69) is 0 Å². The Bertz CT molecular complexity index is 529. The third-order valence-electron chi connectivity index (χ3n) is 3.02. The summed E-state index contributed by atoms with van der Waals surface area (Å²) >= 11 is 0. The Morgan fingerprint density at radius 2 is 1.90 bits per heavy atom. The molecule has 7 heteroatoms. The summed E-state index contributed by atoms with van der Waals surface area (Å²) in [6.07, 6.45) is 0. The molecule has 2 atom stereocenters. The molecule has 0 heterocycles. The fourth-order valence-corrected chi connectivity index (χ4v) is 2.12. The number of halogens is 1. The van der Waals surface area contributed by atoms with Crippen molar-refractivity contribution >= 4 is 11.8 Å². The lowest BCUT2D eigenvalue weighted by Gasteiger charge is -2.21. The summed E-state index contributed by atoms with van der Waals surface area (Å²) < 4.78 is 17.8. The zero-order valence-electron chi connectivity index (χ0n) is 11.7. The van der Waals surface area contributed by atoms with Crippen LogP contribution < -0.4 is 0 Å². The Morgan fingerprint density at radius 1 is 1.33 bits per heavy atom. The van der Waals surface area contributed by atoms with Gasteiger partial charge in [0, 0.05) is 4.92 Å². The highest BCUT2D eigenvalue weighted by Crippen LogP contribution is 2.27. The van der Waals surface area contributed by atoms with E-state index in [0.717, 1.165) is 12.1 Å². The zero-order chi connectivity index (χ0) is 16.0. The van der Waals surface area contributed by atoms with E-state index in [4.69, 9.17) is 4.74 Å². The molecule has 0 amide bonds. The Labute approximate surface area is 121 Å². The summed E-state index contributed by atoms with van der Waals surface area (Å²) in [5.74, 6) is -4.10. The molecule has 0 N–H and O–H groups in total. The maximum atomic E-state index is 13.0. The summed E-state index contributed by atoms with van der Waals surface area (Å²) in [5, 5.41) is 10.8. The van der Waals surface area contributed by atoms with Gasteiger partial charge < -0.3 is 4.74 Å². The van der Waals surface area contributed by atoms with Crippen LogP contribution in [0.3, 0.4) is 0 Å². The molecular weight excluding hydrogens is 281 g/mol. The molecule has 114 valence electrons. The van der Waals surface area contributed by atoms with E-state index in [1.165, 1.54) is 19.1 Å². The van der Waals surface area contributed by atoms with Crippen LogP contribution in [0.5, 0.6) is 0 Å². The second-order valence-corrected chi connectivity index (χ2v) is 4.51. The van der Waals surface area contributed by atoms with Gasteiger partial charge in [-0.25, -0.2) is 4.39 Å². The maximum Gasteiger partial charge on any atom is 0.317 e. The molecule has 1 aromatic carbocycles. The number of carbonyl (C=O) groups is 2. The number of hydrogen-bond acceptors (Lipinski definition) is 5. The number of hydrogen-bond donors (Lipinski definition) is 0. The topological polar surface area (TPSA) is 86.5 Å². The molecule has 0 spiro atoms. The first-order chi connectivity index (χ1) is 9.86. The molecular formula is C14H16FNO5. The monoisotopic (exact) mass is 297 g/mol. The summed E-state index contributed by atoms with van der Waals surface area (Å²) in [4.78, 5) is 33.9. The minimum absolute atomic E-state index is 0.0667. The van der Waals surface area contributed by atoms with Crippen LogP contribution in [-0.2, 0) is 14.3 Å². The van der Waals surface area contributed by atoms with Crippen LogP contribution in [0.15, 0.2) is 24.3 Å². The second kappa shape index (κ2) is 7.47. The number of nitrogens with zero attached hydrogens (tertiary/aromatic N) is 1. The average molecular weight is 297 g/mol. The SMILES string of the molecule is CCOC(=O)[C@H](C(C)=O)[C@H](C[N+](=O)[O-])c1ccc(F)cc1. The van der Waals surface area contributed by atoms with Crippen molar-refractivity contribution in [2.45, 2.75) is 19.8 Å². The predicted octanol–water partition coefficient (Wildman–Crippen LogP) is 1.95. The number of ketones is 1. The molecule has 0 aliphatic heterocycles. The Hall–Kier alpha value is -2.31. The van der Waals surface area contributed by atoms with Crippen LogP contribution in [0, 0.1) is 21.8 Å². The van der Waals surface area contributed by atoms with Crippen LogP contribution in [0.2, 0.25) is 0 Å². The molecule has 6 nitrogen and oxygen atoms in total. The fraction of sp³-hybridized carbons (Fsp3) is 0.429. The second-order valence-electron chi connectivity index (χ2n) is 4.51. The van der Waals surface area contributed by atoms with Crippen LogP contribution in [0.1, 0.15) is 25.3 Å². The van der Waals surface area contributed by atoms with E-state index in [0.29, 0.717) is 5.56 Å². The Morgan fingerprint density at radius 3 is 2.33 bits per heavy atom. The molecule has 0 radical (unpaired) electrons. The molecule has 0 aliphatic carbocycles.